The molecular weight excluding hydrogens is 450 g/mol. The van der Waals surface area contributed by atoms with E-state index in [1.54, 1.807) is 24.4 Å². The molecule has 0 fully saturated rings. The number of benzene rings is 2. The number of rotatable bonds is 9. The molecule has 1 amide bonds. The molecule has 1 heterocycles. The average molecular weight is 472 g/mol. The largest absolute Gasteiger partial charge is 0.458 e. The summed E-state index contributed by atoms with van der Waals surface area (Å²) in [6.07, 6.45) is 0.138. The number of nitrogens with one attached hydrogen (secondary N) is 1. The number of hydrogen-bond donors (Lipinski definition) is 1. The predicted octanol–water partition coefficient (Wildman–Crippen LogP) is 4.76. The van der Waals surface area contributed by atoms with E-state index in [1.165, 1.54) is 35.2 Å². The van der Waals surface area contributed by atoms with Gasteiger partial charge in [-0.05, 0) is 37.6 Å². The lowest BCUT2D eigenvalue weighted by molar-refractivity contribution is -0.384. The highest BCUT2D eigenvalue weighted by Crippen LogP contribution is 2.26. The van der Waals surface area contributed by atoms with Gasteiger partial charge in [0.2, 0.25) is 5.91 Å². The summed E-state index contributed by atoms with van der Waals surface area (Å²) in [4.78, 5) is 39.9. The lowest BCUT2D eigenvalue weighted by Gasteiger charge is -2.10. The summed E-state index contributed by atoms with van der Waals surface area (Å²) in [5.41, 5.74) is 2.32. The van der Waals surface area contributed by atoms with Crippen LogP contribution < -0.4 is 5.32 Å². The fourth-order valence-corrected chi connectivity index (χ4v) is 4.35. The van der Waals surface area contributed by atoms with Gasteiger partial charge < -0.3 is 10.1 Å². The Labute approximate surface area is 193 Å². The Bertz CT molecular complexity index is 1110. The molecule has 0 radical (unpaired) electrons. The van der Waals surface area contributed by atoms with Crippen LogP contribution in [0.2, 0.25) is 0 Å². The van der Waals surface area contributed by atoms with Gasteiger partial charge in [-0.25, -0.2) is 4.98 Å². The van der Waals surface area contributed by atoms with Crippen molar-refractivity contribution in [1.29, 1.82) is 0 Å². The summed E-state index contributed by atoms with van der Waals surface area (Å²) in [5.74, 6) is -0.578. The van der Waals surface area contributed by atoms with Crippen LogP contribution in [0.1, 0.15) is 23.2 Å². The predicted molar refractivity (Wildman–Crippen MR) is 124 cm³/mol. The maximum Gasteiger partial charge on any atom is 0.319 e. The van der Waals surface area contributed by atoms with Crippen molar-refractivity contribution >= 4 is 46.3 Å². The molecule has 3 rings (SSSR count). The zero-order valence-corrected chi connectivity index (χ0v) is 19.1. The molecule has 0 spiro atoms. The van der Waals surface area contributed by atoms with Crippen LogP contribution in [0.5, 0.6) is 0 Å². The Morgan fingerprint density at radius 3 is 2.62 bits per heavy atom. The average Bonchev–Trinajstić information content (AvgIpc) is 3.21. The standard InChI is InChI=1S/C22H21N3O5S2/c1-14-5-3-4-6-19(14)24-20(26)11-21-23-16(13-31-21)12-30-22(27)15(2)32-18-9-7-17(8-10-18)25(28)29/h3-10,13,15H,11-12H2,1-2H3,(H,24,26). The van der Waals surface area contributed by atoms with Gasteiger partial charge in [-0.2, -0.15) is 0 Å². The van der Waals surface area contributed by atoms with E-state index in [0.29, 0.717) is 10.7 Å². The molecule has 166 valence electrons. The maximum absolute atomic E-state index is 12.3. The first kappa shape index (κ1) is 23.4. The van der Waals surface area contributed by atoms with E-state index in [4.69, 9.17) is 4.74 Å². The number of thioether (sulfide) groups is 1. The Morgan fingerprint density at radius 2 is 1.94 bits per heavy atom. The number of aryl methyl sites for hydroxylation is 1. The second-order valence-electron chi connectivity index (χ2n) is 6.89. The van der Waals surface area contributed by atoms with Crippen LogP contribution in [0.15, 0.2) is 58.8 Å². The fourth-order valence-electron chi connectivity index (χ4n) is 2.70. The number of nitro benzene ring substituents is 1. The van der Waals surface area contributed by atoms with Crippen molar-refractivity contribution in [3.8, 4) is 0 Å². The Morgan fingerprint density at radius 1 is 1.22 bits per heavy atom. The van der Waals surface area contributed by atoms with E-state index in [2.05, 4.69) is 10.3 Å². The second-order valence-corrected chi connectivity index (χ2v) is 9.25. The minimum absolute atomic E-state index is 0.00324. The molecule has 1 N–H and O–H groups in total. The van der Waals surface area contributed by atoms with E-state index in [1.807, 2.05) is 31.2 Å². The van der Waals surface area contributed by atoms with Crippen LogP contribution in [0.4, 0.5) is 11.4 Å². The number of carbonyl (C=O) groups is 2. The van der Waals surface area contributed by atoms with E-state index in [9.17, 15) is 19.7 Å². The molecule has 2 aromatic carbocycles. The van der Waals surface area contributed by atoms with Gasteiger partial charge in [0.15, 0.2) is 0 Å². The van der Waals surface area contributed by atoms with E-state index >= 15 is 0 Å². The number of aromatic nitrogens is 1. The van der Waals surface area contributed by atoms with Crippen molar-refractivity contribution in [1.82, 2.24) is 4.98 Å². The summed E-state index contributed by atoms with van der Waals surface area (Å²) in [7, 11) is 0. The molecule has 0 saturated carbocycles. The van der Waals surface area contributed by atoms with E-state index < -0.39 is 16.1 Å². The van der Waals surface area contributed by atoms with Gasteiger partial charge in [0.25, 0.3) is 5.69 Å². The molecule has 0 saturated heterocycles. The number of nitrogens with zero attached hydrogens (tertiary/aromatic N) is 2. The van der Waals surface area contributed by atoms with Crippen LogP contribution in [-0.4, -0.2) is 27.0 Å². The van der Waals surface area contributed by atoms with Crippen molar-refractivity contribution in [2.24, 2.45) is 0 Å². The summed E-state index contributed by atoms with van der Waals surface area (Å²) in [6, 6.07) is 13.5. The lowest BCUT2D eigenvalue weighted by Crippen LogP contribution is -2.17. The second kappa shape index (κ2) is 10.9. The topological polar surface area (TPSA) is 111 Å². The maximum atomic E-state index is 12.3. The van der Waals surface area contributed by atoms with Crippen LogP contribution in [-0.2, 0) is 27.4 Å². The van der Waals surface area contributed by atoms with Crippen LogP contribution in [0.3, 0.4) is 0 Å². The number of thiazole rings is 1. The molecule has 32 heavy (non-hydrogen) atoms. The number of carbonyl (C=O) groups excluding carboxylic acids is 2. The van der Waals surface area contributed by atoms with Gasteiger partial charge >= 0.3 is 5.97 Å². The number of nitro groups is 1. The van der Waals surface area contributed by atoms with Crippen LogP contribution >= 0.6 is 23.1 Å². The summed E-state index contributed by atoms with van der Waals surface area (Å²) >= 11 is 2.59. The molecule has 1 unspecified atom stereocenters. The number of esters is 1. The molecular formula is C22H21N3O5S2. The molecule has 1 atom stereocenters. The highest BCUT2D eigenvalue weighted by Gasteiger charge is 2.18. The van der Waals surface area contributed by atoms with Gasteiger partial charge in [0, 0.05) is 28.1 Å². The first-order chi connectivity index (χ1) is 15.3. The summed E-state index contributed by atoms with van der Waals surface area (Å²) in [6.45, 7) is 3.64. The Kier molecular flexibility index (Phi) is 7.96. The summed E-state index contributed by atoms with van der Waals surface area (Å²) < 4.78 is 5.33. The molecule has 0 aliphatic rings. The number of non-ortho nitro benzene ring substituents is 1. The number of anilines is 1. The van der Waals surface area contributed by atoms with Crippen molar-refractivity contribution in [3.63, 3.8) is 0 Å². The van der Waals surface area contributed by atoms with Gasteiger partial charge in [0.05, 0.1) is 17.0 Å². The van der Waals surface area contributed by atoms with Gasteiger partial charge in [-0.1, -0.05) is 18.2 Å². The molecule has 1 aromatic heterocycles. The van der Waals surface area contributed by atoms with Crippen LogP contribution in [0, 0.1) is 17.0 Å². The number of ether oxygens (including phenoxy) is 1. The third kappa shape index (κ3) is 6.63. The summed E-state index contributed by atoms with van der Waals surface area (Å²) in [5, 5.41) is 15.5. The van der Waals surface area contributed by atoms with Gasteiger partial charge in [0.1, 0.15) is 16.9 Å². The van der Waals surface area contributed by atoms with Crippen molar-refractivity contribution in [2.75, 3.05) is 5.32 Å². The molecule has 0 aliphatic heterocycles. The number of hydrogen-bond acceptors (Lipinski definition) is 8. The molecule has 8 nitrogen and oxygen atoms in total. The normalized spacial score (nSPS) is 11.6. The van der Waals surface area contributed by atoms with Crippen LogP contribution in [0.25, 0.3) is 0 Å². The Balaban J connectivity index is 1.46. The van der Waals surface area contributed by atoms with Crippen molar-refractivity contribution in [2.45, 2.75) is 37.0 Å². The van der Waals surface area contributed by atoms with E-state index in [0.717, 1.165) is 16.1 Å². The molecule has 0 bridgehead atoms. The monoisotopic (exact) mass is 471 g/mol. The molecule has 0 aliphatic carbocycles. The highest BCUT2D eigenvalue weighted by molar-refractivity contribution is 8.00. The van der Waals surface area contributed by atoms with Crippen molar-refractivity contribution < 1.29 is 19.2 Å². The van der Waals surface area contributed by atoms with Gasteiger partial charge in [-0.15, -0.1) is 23.1 Å². The highest BCUT2D eigenvalue weighted by atomic mass is 32.2. The number of amides is 1. The lowest BCUT2D eigenvalue weighted by atomic mass is 10.2. The zero-order valence-electron chi connectivity index (χ0n) is 17.4. The van der Waals surface area contributed by atoms with Crippen molar-refractivity contribution in [3.05, 3.63) is 80.3 Å². The zero-order chi connectivity index (χ0) is 23.1. The fraction of sp³-hybridized carbons (Fsp3) is 0.227. The minimum atomic E-state index is -0.491. The molecule has 3 aromatic rings. The Hall–Kier alpha value is -3.24. The number of para-hydroxylation sites is 1. The third-order valence-electron chi connectivity index (χ3n) is 4.38. The quantitative estimate of drug-likeness (QED) is 0.207. The first-order valence-electron chi connectivity index (χ1n) is 9.68. The first-order valence-corrected chi connectivity index (χ1v) is 11.4. The third-order valence-corrected chi connectivity index (χ3v) is 6.37. The smallest absolute Gasteiger partial charge is 0.319 e. The van der Waals surface area contributed by atoms with Gasteiger partial charge in [-0.3, -0.25) is 19.7 Å². The van der Waals surface area contributed by atoms with E-state index in [-0.39, 0.29) is 24.6 Å². The molecule has 10 heteroatoms. The SMILES string of the molecule is Cc1ccccc1NC(=O)Cc1nc(COC(=O)C(C)Sc2ccc([N+](=O)[O-])cc2)cs1. The minimum Gasteiger partial charge on any atom is -0.458 e.